The average Bonchev–Trinajstić information content (AvgIpc) is 2.72. The van der Waals surface area contributed by atoms with Crippen LogP contribution in [-0.4, -0.2) is 46.5 Å². The van der Waals surface area contributed by atoms with Crippen LogP contribution in [0.25, 0.3) is 0 Å². The Hall–Kier alpha value is -3.24. The molecular weight excluding hydrogens is 412 g/mol. The van der Waals surface area contributed by atoms with E-state index in [1.165, 1.54) is 31.4 Å². The lowest BCUT2D eigenvalue weighted by Gasteiger charge is -2.09. The topological polar surface area (TPSA) is 128 Å². The maximum atomic E-state index is 12.2. The van der Waals surface area contributed by atoms with Crippen LogP contribution in [0.15, 0.2) is 47.4 Å². The molecule has 0 saturated carbocycles. The van der Waals surface area contributed by atoms with Crippen molar-refractivity contribution in [3.05, 3.63) is 59.2 Å². The zero-order valence-corrected chi connectivity index (χ0v) is 17.5. The largest absolute Gasteiger partial charge is 0.497 e. The third-order valence-electron chi connectivity index (χ3n) is 4.16. The SMILES string of the molecule is COc1ccc(C(=O)NC(=O)COC(=O)CNS(=O)(=O)c2ccc(C)c(C)c2)cc1. The van der Waals surface area contributed by atoms with Crippen molar-refractivity contribution >= 4 is 27.8 Å². The molecule has 2 amide bonds. The summed E-state index contributed by atoms with van der Waals surface area (Å²) >= 11 is 0. The molecule has 10 heteroatoms. The van der Waals surface area contributed by atoms with Crippen molar-refractivity contribution in [1.82, 2.24) is 10.0 Å². The minimum atomic E-state index is -3.91. The fourth-order valence-corrected chi connectivity index (χ4v) is 3.35. The molecule has 0 aliphatic carbocycles. The highest BCUT2D eigenvalue weighted by Gasteiger charge is 2.18. The molecule has 0 aliphatic heterocycles. The summed E-state index contributed by atoms with van der Waals surface area (Å²) in [6, 6.07) is 10.6. The van der Waals surface area contributed by atoms with Crippen molar-refractivity contribution < 1.29 is 32.3 Å². The summed E-state index contributed by atoms with van der Waals surface area (Å²) in [4.78, 5) is 35.5. The minimum absolute atomic E-state index is 0.0150. The number of benzene rings is 2. The number of sulfonamides is 1. The van der Waals surface area contributed by atoms with Gasteiger partial charge in [0.25, 0.3) is 11.8 Å². The normalized spacial score (nSPS) is 10.9. The molecule has 0 aliphatic rings. The highest BCUT2D eigenvalue weighted by atomic mass is 32.2. The van der Waals surface area contributed by atoms with E-state index < -0.39 is 41.0 Å². The quantitative estimate of drug-likeness (QED) is 0.595. The first kappa shape index (κ1) is 23.0. The van der Waals surface area contributed by atoms with E-state index in [0.29, 0.717) is 5.75 Å². The number of carbonyl (C=O) groups excluding carboxylic acids is 3. The van der Waals surface area contributed by atoms with E-state index in [0.717, 1.165) is 11.1 Å². The zero-order chi connectivity index (χ0) is 22.3. The summed E-state index contributed by atoms with van der Waals surface area (Å²) in [5.41, 5.74) is 1.94. The van der Waals surface area contributed by atoms with Gasteiger partial charge in [-0.15, -0.1) is 0 Å². The van der Waals surface area contributed by atoms with E-state index in [-0.39, 0.29) is 10.5 Å². The molecule has 0 atom stereocenters. The molecule has 0 fully saturated rings. The molecule has 2 N–H and O–H groups in total. The summed E-state index contributed by atoms with van der Waals surface area (Å²) in [6.45, 7) is 2.23. The van der Waals surface area contributed by atoms with Gasteiger partial charge in [0.2, 0.25) is 10.0 Å². The second kappa shape index (κ2) is 9.99. The Morgan fingerprint density at radius 2 is 1.63 bits per heavy atom. The number of hydrogen-bond acceptors (Lipinski definition) is 7. The van der Waals surface area contributed by atoms with Crippen molar-refractivity contribution in [1.29, 1.82) is 0 Å². The predicted molar refractivity (Wildman–Crippen MR) is 108 cm³/mol. The van der Waals surface area contributed by atoms with Crippen LogP contribution >= 0.6 is 0 Å². The first-order chi connectivity index (χ1) is 14.1. The van der Waals surface area contributed by atoms with Crippen LogP contribution in [0, 0.1) is 13.8 Å². The summed E-state index contributed by atoms with van der Waals surface area (Å²) in [5.74, 6) is -1.93. The maximum Gasteiger partial charge on any atom is 0.321 e. The second-order valence-electron chi connectivity index (χ2n) is 6.34. The van der Waals surface area contributed by atoms with Crippen molar-refractivity contribution in [2.24, 2.45) is 0 Å². The maximum absolute atomic E-state index is 12.2. The van der Waals surface area contributed by atoms with Gasteiger partial charge in [-0.25, -0.2) is 8.42 Å². The molecule has 9 nitrogen and oxygen atoms in total. The lowest BCUT2D eigenvalue weighted by Crippen LogP contribution is -2.36. The van der Waals surface area contributed by atoms with Gasteiger partial charge < -0.3 is 9.47 Å². The Morgan fingerprint density at radius 3 is 2.23 bits per heavy atom. The van der Waals surface area contributed by atoms with Gasteiger partial charge in [-0.05, 0) is 61.4 Å². The zero-order valence-electron chi connectivity index (χ0n) is 16.7. The first-order valence-corrected chi connectivity index (χ1v) is 10.3. The van der Waals surface area contributed by atoms with Crippen LogP contribution in [0.1, 0.15) is 21.5 Å². The van der Waals surface area contributed by atoms with E-state index in [4.69, 9.17) is 9.47 Å². The smallest absolute Gasteiger partial charge is 0.321 e. The monoisotopic (exact) mass is 434 g/mol. The van der Waals surface area contributed by atoms with Gasteiger partial charge >= 0.3 is 5.97 Å². The minimum Gasteiger partial charge on any atom is -0.497 e. The number of esters is 1. The van der Waals surface area contributed by atoms with Gasteiger partial charge in [-0.1, -0.05) is 6.07 Å². The lowest BCUT2D eigenvalue weighted by atomic mass is 10.1. The van der Waals surface area contributed by atoms with Gasteiger partial charge in [0.05, 0.1) is 12.0 Å². The summed E-state index contributed by atoms with van der Waals surface area (Å²) in [6.07, 6.45) is 0. The third kappa shape index (κ3) is 6.39. The van der Waals surface area contributed by atoms with E-state index in [1.54, 1.807) is 25.1 Å². The van der Waals surface area contributed by atoms with Crippen molar-refractivity contribution in [2.75, 3.05) is 20.3 Å². The molecule has 0 spiro atoms. The molecule has 160 valence electrons. The van der Waals surface area contributed by atoms with Crippen molar-refractivity contribution in [3.63, 3.8) is 0 Å². The Kier molecular flexibility index (Phi) is 7.67. The molecule has 2 rings (SSSR count). The number of ether oxygens (including phenoxy) is 2. The number of rotatable bonds is 8. The molecular formula is C20H22N2O7S. The number of hydrogen-bond donors (Lipinski definition) is 2. The molecule has 0 saturated heterocycles. The highest BCUT2D eigenvalue weighted by Crippen LogP contribution is 2.14. The van der Waals surface area contributed by atoms with Gasteiger partial charge in [0.1, 0.15) is 12.3 Å². The first-order valence-electron chi connectivity index (χ1n) is 8.83. The standard InChI is InChI=1S/C20H22N2O7S/c1-13-4-9-17(10-14(13)2)30(26,27)21-11-19(24)29-12-18(23)22-20(25)15-5-7-16(28-3)8-6-15/h4-10,21H,11-12H2,1-3H3,(H,22,23,25). The molecule has 0 unspecified atom stereocenters. The number of methoxy groups -OCH3 is 1. The van der Waals surface area contributed by atoms with Crippen molar-refractivity contribution in [3.8, 4) is 5.75 Å². The third-order valence-corrected chi connectivity index (χ3v) is 5.56. The van der Waals surface area contributed by atoms with Crippen LogP contribution in [0.2, 0.25) is 0 Å². The van der Waals surface area contributed by atoms with E-state index in [9.17, 15) is 22.8 Å². The van der Waals surface area contributed by atoms with Crippen LogP contribution in [-0.2, 0) is 24.3 Å². The molecule has 30 heavy (non-hydrogen) atoms. The summed E-state index contributed by atoms with van der Waals surface area (Å²) in [7, 11) is -2.43. The van der Waals surface area contributed by atoms with E-state index in [1.807, 2.05) is 6.92 Å². The fraction of sp³-hybridized carbons (Fsp3) is 0.250. The van der Waals surface area contributed by atoms with Crippen LogP contribution < -0.4 is 14.8 Å². The van der Waals surface area contributed by atoms with Crippen LogP contribution in [0.4, 0.5) is 0 Å². The summed E-state index contributed by atoms with van der Waals surface area (Å²) < 4.78 is 36.3. The fourth-order valence-electron chi connectivity index (χ4n) is 2.29. The Balaban J connectivity index is 1.81. The van der Waals surface area contributed by atoms with Gasteiger partial charge in [0.15, 0.2) is 6.61 Å². The van der Waals surface area contributed by atoms with Crippen LogP contribution in [0.3, 0.4) is 0 Å². The van der Waals surface area contributed by atoms with Crippen LogP contribution in [0.5, 0.6) is 5.75 Å². The second-order valence-corrected chi connectivity index (χ2v) is 8.10. The number of carbonyl (C=O) groups is 3. The lowest BCUT2D eigenvalue weighted by molar-refractivity contribution is -0.147. The Morgan fingerprint density at radius 1 is 0.967 bits per heavy atom. The van der Waals surface area contributed by atoms with Gasteiger partial charge in [-0.2, -0.15) is 4.72 Å². The number of aryl methyl sites for hydroxylation is 2. The van der Waals surface area contributed by atoms with E-state index in [2.05, 4.69) is 10.0 Å². The number of imide groups is 1. The predicted octanol–water partition coefficient (Wildman–Crippen LogP) is 1.09. The number of amides is 2. The average molecular weight is 434 g/mol. The van der Waals surface area contributed by atoms with Crippen molar-refractivity contribution in [2.45, 2.75) is 18.7 Å². The molecule has 0 bridgehead atoms. The highest BCUT2D eigenvalue weighted by molar-refractivity contribution is 7.89. The molecule has 2 aromatic carbocycles. The molecule has 0 radical (unpaired) electrons. The van der Waals surface area contributed by atoms with Gasteiger partial charge in [0, 0.05) is 5.56 Å². The summed E-state index contributed by atoms with van der Waals surface area (Å²) in [5, 5.41) is 2.06. The Bertz CT molecular complexity index is 1050. The van der Waals surface area contributed by atoms with E-state index >= 15 is 0 Å². The molecule has 2 aromatic rings. The van der Waals surface area contributed by atoms with Gasteiger partial charge in [-0.3, -0.25) is 19.7 Å². The Labute approximate surface area is 174 Å². The molecule has 0 aromatic heterocycles. The molecule has 0 heterocycles. The number of nitrogens with one attached hydrogen (secondary N) is 2.